The molecule has 0 aliphatic rings. The van der Waals surface area contributed by atoms with E-state index in [0.29, 0.717) is 0 Å². The lowest BCUT2D eigenvalue weighted by Crippen LogP contribution is -2.58. The van der Waals surface area contributed by atoms with E-state index >= 15 is 0 Å². The molecule has 0 aromatic rings. The topological polar surface area (TPSA) is 191 Å². The molecule has 0 amide bonds. The standard InChI is InChI=1S/BrHO3.ClHO4.H3N/c2-1(3)4;2-1(3,4)5;/h2H;(H,2,3,4,5);1H3. The molecular weight excluding hydrogens is 241 g/mol. The number of halogens is 2. The van der Waals surface area contributed by atoms with E-state index in [1.165, 1.54) is 0 Å². The fourth-order valence-electron chi connectivity index (χ4n) is 0. The molecule has 8 nitrogen and oxygen atoms in total. The molecule has 0 rings (SSSR count). The summed E-state index contributed by atoms with van der Waals surface area (Å²) in [5.41, 5.74) is 0. The van der Waals surface area contributed by atoms with Crippen LogP contribution in [0.4, 0.5) is 0 Å². The highest BCUT2D eigenvalue weighted by molar-refractivity contribution is 2.15. The SMILES string of the molecule is N.[O-][Br+2]([O-])O.[O-][Cl+3]([O-])([O-])O. The van der Waals surface area contributed by atoms with Crippen LogP contribution in [0.15, 0.2) is 0 Å². The van der Waals surface area contributed by atoms with E-state index in [0.717, 1.165) is 0 Å². The van der Waals surface area contributed by atoms with Crippen molar-refractivity contribution < 1.29 is 56.3 Å². The molecule has 0 saturated carbocycles. The van der Waals surface area contributed by atoms with Gasteiger partial charge in [-0.2, -0.15) is 14.0 Å². The Morgan fingerprint density at radius 1 is 1.10 bits per heavy atom. The highest BCUT2D eigenvalue weighted by Crippen LogP contribution is 1.60. The van der Waals surface area contributed by atoms with Crippen molar-refractivity contribution in [3.05, 3.63) is 0 Å². The van der Waals surface area contributed by atoms with E-state index in [4.69, 9.17) is 31.2 Å². The lowest BCUT2D eigenvalue weighted by atomic mass is 14.0. The van der Waals surface area contributed by atoms with Gasteiger partial charge in [0.2, 0.25) is 0 Å². The first-order valence-corrected chi connectivity index (χ1v) is 4.38. The molecule has 10 heavy (non-hydrogen) atoms. The number of hydrogen-bond acceptors (Lipinski definition) is 8. The first kappa shape index (κ1) is 16.8. The van der Waals surface area contributed by atoms with E-state index in [2.05, 4.69) is 0 Å². The summed E-state index contributed by atoms with van der Waals surface area (Å²) in [6, 6.07) is 0. The molecule has 10 heteroatoms. The van der Waals surface area contributed by atoms with Crippen molar-refractivity contribution >= 4 is 0 Å². The molecule has 0 bridgehead atoms. The van der Waals surface area contributed by atoms with Crippen LogP contribution in [-0.2, 0) is 0 Å². The van der Waals surface area contributed by atoms with E-state index in [1.54, 1.807) is 0 Å². The average molecular weight is 246 g/mol. The molecule has 0 aromatic heterocycles. The minimum Gasteiger partial charge on any atom is -0.372 e. The first-order valence-electron chi connectivity index (χ1n) is 1.11. The molecule has 0 aliphatic heterocycles. The van der Waals surface area contributed by atoms with E-state index in [1.807, 2.05) is 0 Å². The maximum absolute atomic E-state index is 8.63. The molecule has 0 aliphatic carbocycles. The Morgan fingerprint density at radius 3 is 1.10 bits per heavy atom. The Morgan fingerprint density at radius 2 is 1.10 bits per heavy atom. The predicted molar refractivity (Wildman–Crippen MR) is 9.46 cm³/mol. The second-order valence-electron chi connectivity index (χ2n) is 0.597. The fraction of sp³-hybridized carbons (Fsp3) is 0. The second-order valence-corrected chi connectivity index (χ2v) is 2.23. The molecule has 0 aromatic carbocycles. The quantitative estimate of drug-likeness (QED) is 0.375. The van der Waals surface area contributed by atoms with Crippen molar-refractivity contribution in [2.45, 2.75) is 0 Å². The average Bonchev–Trinajstić information content (AvgIpc) is 1.19. The minimum atomic E-state index is -4.69. The lowest BCUT2D eigenvalue weighted by molar-refractivity contribution is -1.92. The Bertz CT molecular complexity index is 50.4. The molecule has 0 spiro atoms. The van der Waals surface area contributed by atoms with Crippen LogP contribution < -0.4 is 28.5 Å². The largest absolute Gasteiger partial charge is 0.433 e. The Hall–Kier alpha value is 0.450. The second kappa shape index (κ2) is 7.56. The fourth-order valence-corrected chi connectivity index (χ4v) is 0. The first-order chi connectivity index (χ1) is 3.73. The van der Waals surface area contributed by atoms with Crippen LogP contribution in [0.25, 0.3) is 0 Å². The van der Waals surface area contributed by atoms with Crippen LogP contribution in [0.2, 0.25) is 0 Å². The van der Waals surface area contributed by atoms with Gasteiger partial charge < -0.3 is 14.5 Å². The van der Waals surface area contributed by atoms with E-state index < -0.39 is 25.1 Å². The molecule has 0 heterocycles. The van der Waals surface area contributed by atoms with Gasteiger partial charge in [0.05, 0.1) is 14.9 Å². The Labute approximate surface area is 63.1 Å². The van der Waals surface area contributed by atoms with Crippen LogP contribution in [-0.4, -0.2) is 8.86 Å². The molecule has 0 radical (unpaired) electrons. The molecule has 5 N–H and O–H groups in total. The van der Waals surface area contributed by atoms with Gasteiger partial charge in [0, 0.05) is 0 Å². The summed E-state index contributed by atoms with van der Waals surface area (Å²) in [5, 5.41) is 0. The third kappa shape index (κ3) is 2320. The summed E-state index contributed by atoms with van der Waals surface area (Å²) in [4.78, 5) is 0. The maximum atomic E-state index is 8.63. The molecule has 66 valence electrons. The van der Waals surface area contributed by atoms with Gasteiger partial charge >= 0.3 is 14.8 Å². The van der Waals surface area contributed by atoms with Gasteiger partial charge in [0.1, 0.15) is 0 Å². The summed E-state index contributed by atoms with van der Waals surface area (Å²) in [6.07, 6.45) is 0. The highest BCUT2D eigenvalue weighted by Gasteiger charge is 1.98. The summed E-state index contributed by atoms with van der Waals surface area (Å²) in [7, 11) is -4.69. The number of rotatable bonds is 0. The van der Waals surface area contributed by atoms with Crippen LogP contribution >= 0.6 is 0 Å². The van der Waals surface area contributed by atoms with Crippen molar-refractivity contribution in [3.63, 3.8) is 0 Å². The third-order valence-electron chi connectivity index (χ3n) is 0. The highest BCUT2D eigenvalue weighted by atomic mass is 80.0. The van der Waals surface area contributed by atoms with Gasteiger partial charge in [-0.3, -0.25) is 0 Å². The Balaban J connectivity index is -0.0000000910. The zero-order valence-electron chi connectivity index (χ0n) is 4.40. The van der Waals surface area contributed by atoms with Crippen molar-refractivity contribution in [1.82, 2.24) is 6.15 Å². The summed E-state index contributed by atoms with van der Waals surface area (Å²) in [6.45, 7) is 0. The van der Waals surface area contributed by atoms with Crippen LogP contribution in [0, 0.1) is 25.1 Å². The summed E-state index contributed by atoms with van der Waals surface area (Å²) >= 11 is -3.40. The van der Waals surface area contributed by atoms with Crippen molar-refractivity contribution in [3.8, 4) is 0 Å². The van der Waals surface area contributed by atoms with Crippen molar-refractivity contribution in [1.29, 1.82) is 0 Å². The predicted octanol–water partition coefficient (Wildman–Crippen LogP) is -6.90. The molecule has 0 fully saturated rings. The summed E-state index contributed by atoms with van der Waals surface area (Å²) < 4.78 is 57.0. The van der Waals surface area contributed by atoms with Gasteiger partial charge in [-0.15, -0.1) is 0 Å². The van der Waals surface area contributed by atoms with Crippen LogP contribution in [0.1, 0.15) is 0 Å². The monoisotopic (exact) mass is 245 g/mol. The van der Waals surface area contributed by atoms with Crippen molar-refractivity contribution in [2.24, 2.45) is 0 Å². The van der Waals surface area contributed by atoms with Gasteiger partial charge in [-0.05, 0) is 4.20 Å². The van der Waals surface area contributed by atoms with Gasteiger partial charge in [-0.1, -0.05) is 0 Å². The van der Waals surface area contributed by atoms with Gasteiger partial charge in [-0.25, -0.2) is 0 Å². The van der Waals surface area contributed by atoms with Crippen LogP contribution in [0.3, 0.4) is 0 Å². The van der Waals surface area contributed by atoms with E-state index in [9.17, 15) is 0 Å². The van der Waals surface area contributed by atoms with Gasteiger partial charge in [0.15, 0.2) is 0 Å². The zero-order chi connectivity index (χ0) is 8.08. The molecule has 0 saturated heterocycles. The lowest BCUT2D eigenvalue weighted by Gasteiger charge is -2.03. The van der Waals surface area contributed by atoms with Crippen molar-refractivity contribution in [2.75, 3.05) is 0 Å². The summed E-state index contributed by atoms with van der Waals surface area (Å²) in [5.74, 6) is 0. The van der Waals surface area contributed by atoms with E-state index in [-0.39, 0.29) is 6.15 Å². The molecular formula is H5BrClNO7. The smallest absolute Gasteiger partial charge is 0.372 e. The zero-order valence-corrected chi connectivity index (χ0v) is 6.74. The molecule has 0 unspecified atom stereocenters. The maximum Gasteiger partial charge on any atom is 0.433 e. The minimum absolute atomic E-state index is 0. The number of hydrogen-bond donors (Lipinski definition) is 3. The Kier molecular flexibility index (Phi) is 12.7. The normalized spacial score (nSPS) is 9.60. The molecule has 0 atom stereocenters. The van der Waals surface area contributed by atoms with Crippen LogP contribution in [0.5, 0.6) is 0 Å². The van der Waals surface area contributed by atoms with Gasteiger partial charge in [0.25, 0.3) is 0 Å². The third-order valence-corrected chi connectivity index (χ3v) is 0.